The fourth-order valence-electron chi connectivity index (χ4n) is 3.30. The summed E-state index contributed by atoms with van der Waals surface area (Å²) in [7, 11) is 1.27. The molecule has 0 aliphatic heterocycles. The fraction of sp³-hybridized carbons (Fsp3) is 0.400. The molecule has 3 N–H and O–H groups in total. The number of nitrogens with zero attached hydrogens (tertiary/aromatic N) is 1. The molecule has 3 atom stereocenters. The third kappa shape index (κ3) is 2.14. The molecular weight excluding hydrogens is 286 g/mol. The third-order valence-electron chi connectivity index (χ3n) is 4.24. The van der Waals surface area contributed by atoms with Crippen molar-refractivity contribution in [2.75, 3.05) is 7.11 Å². The second-order valence-electron chi connectivity index (χ2n) is 5.77. The normalized spacial score (nSPS) is 27.2. The lowest BCUT2D eigenvalue weighted by atomic mass is 9.66. The summed E-state index contributed by atoms with van der Waals surface area (Å²) >= 11 is 0. The summed E-state index contributed by atoms with van der Waals surface area (Å²) in [6, 6.07) is 3.51. The minimum Gasteiger partial charge on any atom is -0.469 e. The molecule has 0 unspecified atom stereocenters. The number of rotatable bonds is 2. The number of esters is 1. The number of carbonyl (C=O) groups is 1. The van der Waals surface area contributed by atoms with Crippen LogP contribution in [0.25, 0.3) is 0 Å². The van der Waals surface area contributed by atoms with Gasteiger partial charge in [-0.2, -0.15) is 0 Å². The van der Waals surface area contributed by atoms with Crippen molar-refractivity contribution in [3.8, 4) is 0 Å². The van der Waals surface area contributed by atoms with Crippen LogP contribution in [0.3, 0.4) is 0 Å². The molecule has 2 aromatic heterocycles. The molecular formula is C15H17N3O4. The van der Waals surface area contributed by atoms with Crippen LogP contribution < -0.4 is 5.56 Å². The first-order valence-electron chi connectivity index (χ1n) is 6.95. The van der Waals surface area contributed by atoms with Gasteiger partial charge < -0.3 is 14.9 Å². The summed E-state index contributed by atoms with van der Waals surface area (Å²) in [6.07, 6.45) is 3.37. The molecule has 3 rings (SSSR count). The van der Waals surface area contributed by atoms with Gasteiger partial charge in [-0.15, -0.1) is 0 Å². The second kappa shape index (κ2) is 5.10. The van der Waals surface area contributed by atoms with Crippen LogP contribution in [0.4, 0.5) is 0 Å². The Balaban J connectivity index is 2.25. The Kier molecular flexibility index (Phi) is 3.37. The van der Waals surface area contributed by atoms with Gasteiger partial charge in [-0.25, -0.2) is 0 Å². The molecule has 0 spiro atoms. The lowest BCUT2D eigenvalue weighted by Crippen LogP contribution is -2.49. The van der Waals surface area contributed by atoms with Crippen LogP contribution in [0.15, 0.2) is 29.3 Å². The van der Waals surface area contributed by atoms with Gasteiger partial charge in [-0.1, -0.05) is 6.07 Å². The standard InChI is InChI=1S/C15H17N3O4/c1-15(21)6-9-11(13(19)18-17-9)10(12(15)14(20)22-2)8-4-3-5-16-7-8/h3-5,7,10,12,21H,6H2,1-2H3,(H2,17,18,19)/t10-,12-,15-/m1/s1. The molecule has 0 amide bonds. The van der Waals surface area contributed by atoms with E-state index in [1.54, 1.807) is 31.5 Å². The summed E-state index contributed by atoms with van der Waals surface area (Å²) in [5.74, 6) is -2.05. The van der Waals surface area contributed by atoms with Gasteiger partial charge in [0, 0.05) is 36.0 Å². The number of fused-ring (bicyclic) bond motifs is 1. The summed E-state index contributed by atoms with van der Waals surface area (Å²) in [5.41, 5.74) is 0.0996. The molecule has 0 fully saturated rings. The lowest BCUT2D eigenvalue weighted by Gasteiger charge is -2.40. The number of aliphatic hydroxyl groups is 1. The van der Waals surface area contributed by atoms with Crippen molar-refractivity contribution in [3.05, 3.63) is 51.7 Å². The Bertz CT molecular complexity index is 748. The summed E-state index contributed by atoms with van der Waals surface area (Å²) in [4.78, 5) is 28.5. The van der Waals surface area contributed by atoms with Crippen LogP contribution in [0.1, 0.15) is 29.7 Å². The highest BCUT2D eigenvalue weighted by Gasteiger charge is 2.51. The van der Waals surface area contributed by atoms with Crippen LogP contribution >= 0.6 is 0 Å². The molecule has 1 aliphatic carbocycles. The van der Waals surface area contributed by atoms with Crippen molar-refractivity contribution in [1.82, 2.24) is 15.2 Å². The maximum atomic E-state index is 12.3. The number of hydrogen-bond acceptors (Lipinski definition) is 5. The number of nitrogens with one attached hydrogen (secondary N) is 2. The first-order valence-corrected chi connectivity index (χ1v) is 6.95. The number of hydrogen-bond donors (Lipinski definition) is 3. The minimum atomic E-state index is -1.34. The molecule has 22 heavy (non-hydrogen) atoms. The van der Waals surface area contributed by atoms with Crippen molar-refractivity contribution in [2.24, 2.45) is 5.92 Å². The first-order chi connectivity index (χ1) is 10.5. The van der Waals surface area contributed by atoms with E-state index in [1.165, 1.54) is 7.11 Å². The second-order valence-corrected chi connectivity index (χ2v) is 5.77. The minimum absolute atomic E-state index is 0.164. The zero-order chi connectivity index (χ0) is 15.9. The maximum Gasteiger partial charge on any atom is 0.312 e. The van der Waals surface area contributed by atoms with Gasteiger partial charge in [-0.3, -0.25) is 19.7 Å². The molecule has 116 valence electrons. The predicted octanol–water partition coefficient (Wildman–Crippen LogP) is 0.326. The van der Waals surface area contributed by atoms with E-state index in [-0.39, 0.29) is 12.0 Å². The number of H-pyrrole nitrogens is 2. The Hall–Kier alpha value is -2.41. The van der Waals surface area contributed by atoms with E-state index in [0.717, 1.165) is 0 Å². The zero-order valence-electron chi connectivity index (χ0n) is 12.3. The molecule has 0 saturated carbocycles. The zero-order valence-corrected chi connectivity index (χ0v) is 12.3. The molecule has 0 aromatic carbocycles. The topological polar surface area (TPSA) is 108 Å². The van der Waals surface area contributed by atoms with Crippen molar-refractivity contribution < 1.29 is 14.6 Å². The van der Waals surface area contributed by atoms with Gasteiger partial charge in [0.15, 0.2) is 0 Å². The van der Waals surface area contributed by atoms with Gasteiger partial charge in [0.1, 0.15) is 0 Å². The quantitative estimate of drug-likeness (QED) is 0.693. The lowest BCUT2D eigenvalue weighted by molar-refractivity contribution is -0.156. The molecule has 0 saturated heterocycles. The Morgan fingerprint density at radius 1 is 1.50 bits per heavy atom. The number of methoxy groups -OCH3 is 1. The summed E-state index contributed by atoms with van der Waals surface area (Å²) in [5, 5.41) is 16.1. The number of aromatic nitrogens is 3. The molecule has 2 aromatic rings. The predicted molar refractivity (Wildman–Crippen MR) is 77.3 cm³/mol. The number of pyridine rings is 1. The van der Waals surface area contributed by atoms with Crippen LogP contribution in [-0.2, 0) is 16.0 Å². The van der Waals surface area contributed by atoms with Gasteiger partial charge in [-0.05, 0) is 18.6 Å². The third-order valence-corrected chi connectivity index (χ3v) is 4.24. The monoisotopic (exact) mass is 303 g/mol. The highest BCUT2D eigenvalue weighted by atomic mass is 16.5. The Morgan fingerprint density at radius 2 is 2.27 bits per heavy atom. The molecule has 0 bridgehead atoms. The maximum absolute atomic E-state index is 12.3. The number of ether oxygens (including phenoxy) is 1. The Morgan fingerprint density at radius 3 is 2.91 bits per heavy atom. The van der Waals surface area contributed by atoms with Gasteiger partial charge in [0.05, 0.1) is 18.6 Å². The molecule has 7 nitrogen and oxygen atoms in total. The van der Waals surface area contributed by atoms with E-state index in [1.807, 2.05) is 0 Å². The van der Waals surface area contributed by atoms with Crippen molar-refractivity contribution in [3.63, 3.8) is 0 Å². The average molecular weight is 303 g/mol. The number of aromatic amines is 2. The highest BCUT2D eigenvalue weighted by Crippen LogP contribution is 2.44. The Labute approximate surface area is 126 Å². The molecule has 1 aliphatic rings. The molecule has 0 radical (unpaired) electrons. The van der Waals surface area contributed by atoms with E-state index in [2.05, 4.69) is 15.2 Å². The van der Waals surface area contributed by atoms with E-state index in [9.17, 15) is 14.7 Å². The van der Waals surface area contributed by atoms with Crippen LogP contribution in [0, 0.1) is 5.92 Å². The van der Waals surface area contributed by atoms with E-state index in [0.29, 0.717) is 16.8 Å². The fourth-order valence-corrected chi connectivity index (χ4v) is 3.30. The highest BCUT2D eigenvalue weighted by molar-refractivity contribution is 5.77. The van der Waals surface area contributed by atoms with E-state index >= 15 is 0 Å². The van der Waals surface area contributed by atoms with Gasteiger partial charge in [0.25, 0.3) is 5.56 Å². The largest absolute Gasteiger partial charge is 0.469 e. The first kappa shape index (κ1) is 14.5. The summed E-state index contributed by atoms with van der Waals surface area (Å²) in [6.45, 7) is 1.58. The van der Waals surface area contributed by atoms with Crippen LogP contribution in [0.5, 0.6) is 0 Å². The molecule has 7 heteroatoms. The average Bonchev–Trinajstić information content (AvgIpc) is 2.85. The van der Waals surface area contributed by atoms with Crippen molar-refractivity contribution in [2.45, 2.75) is 24.9 Å². The number of carbonyl (C=O) groups excluding carboxylic acids is 1. The van der Waals surface area contributed by atoms with Crippen LogP contribution in [-0.4, -0.2) is 39.0 Å². The van der Waals surface area contributed by atoms with Gasteiger partial charge in [0.2, 0.25) is 0 Å². The molecule has 2 heterocycles. The smallest absolute Gasteiger partial charge is 0.312 e. The SMILES string of the molecule is COC(=O)[C@H]1[C@H](c2cccnc2)c2c([nH][nH]c2=O)C[C@@]1(C)O. The van der Waals surface area contributed by atoms with Crippen molar-refractivity contribution in [1.29, 1.82) is 0 Å². The van der Waals surface area contributed by atoms with E-state index < -0.39 is 23.4 Å². The summed E-state index contributed by atoms with van der Waals surface area (Å²) < 4.78 is 4.87. The van der Waals surface area contributed by atoms with E-state index in [4.69, 9.17) is 4.74 Å². The van der Waals surface area contributed by atoms with Gasteiger partial charge >= 0.3 is 5.97 Å². The van der Waals surface area contributed by atoms with Crippen molar-refractivity contribution >= 4 is 5.97 Å². The van der Waals surface area contributed by atoms with Crippen LogP contribution in [0.2, 0.25) is 0 Å².